The number of thiophene rings is 1. The molecule has 0 fully saturated rings. The summed E-state index contributed by atoms with van der Waals surface area (Å²) in [6.07, 6.45) is 3.36. The summed E-state index contributed by atoms with van der Waals surface area (Å²) in [5.41, 5.74) is 5.16. The Bertz CT molecular complexity index is 1820. The van der Waals surface area contributed by atoms with Crippen LogP contribution < -0.4 is 5.43 Å². The van der Waals surface area contributed by atoms with Crippen LogP contribution >= 0.6 is 22.7 Å². The second kappa shape index (κ2) is 8.21. The van der Waals surface area contributed by atoms with Gasteiger partial charge in [-0.1, -0.05) is 86.0 Å². The number of rotatable bonds is 4. The number of hydrogen-bond donors (Lipinski definition) is 0. The van der Waals surface area contributed by atoms with E-state index in [1.165, 1.54) is 31.3 Å². The summed E-state index contributed by atoms with van der Waals surface area (Å²) in [7, 11) is 0. The van der Waals surface area contributed by atoms with E-state index in [4.69, 9.17) is 0 Å². The fourth-order valence-corrected chi connectivity index (χ4v) is 6.83. The second-order valence-corrected chi connectivity index (χ2v) is 10.3. The topological polar surface area (TPSA) is 17.1 Å². The minimum absolute atomic E-state index is 0.00620. The van der Waals surface area contributed by atoms with E-state index in [1.807, 2.05) is 23.5 Å². The summed E-state index contributed by atoms with van der Waals surface area (Å²) in [6.45, 7) is 7.68. The van der Waals surface area contributed by atoms with Gasteiger partial charge >= 0.3 is 0 Å². The Labute approximate surface area is 205 Å². The quantitative estimate of drug-likeness (QED) is 0.250. The normalized spacial score (nSPS) is 11.3. The molecule has 6 rings (SSSR count). The highest BCUT2D eigenvalue weighted by Crippen LogP contribution is 2.40. The summed E-state index contributed by atoms with van der Waals surface area (Å²) >= 11 is 3.41. The van der Waals surface area contributed by atoms with E-state index in [2.05, 4.69) is 86.0 Å². The molecule has 2 heterocycles. The maximum atomic E-state index is 13.1. The summed E-state index contributed by atoms with van der Waals surface area (Å²) in [4.78, 5) is 14.0. The molecule has 0 amide bonds. The maximum Gasteiger partial charge on any atom is 0.195 e. The second-order valence-electron chi connectivity index (χ2n) is 8.19. The average molecular weight is 473 g/mol. The number of benzene rings is 4. The molecule has 34 heavy (non-hydrogen) atoms. The first-order valence-corrected chi connectivity index (χ1v) is 12.7. The van der Waals surface area contributed by atoms with E-state index >= 15 is 0 Å². The molecular formula is C31H20OS2. The fraction of sp³-hybridized carbons (Fsp3) is 0. The molecule has 0 N–H and O–H groups in total. The molecule has 0 unspecified atom stereocenters. The molecule has 0 spiro atoms. The van der Waals surface area contributed by atoms with E-state index < -0.39 is 0 Å². The molecule has 6 aromatic rings. The SMILES string of the molecule is C=Cc1sc2ccc(-c3cccc(-c4cccc5c4sc4ccccc45)c3)cc2c(=O)c1C=C. The van der Waals surface area contributed by atoms with Crippen molar-refractivity contribution in [3.05, 3.63) is 119 Å². The largest absolute Gasteiger partial charge is 0.289 e. The van der Waals surface area contributed by atoms with Crippen LogP contribution in [0, 0.1) is 0 Å². The van der Waals surface area contributed by atoms with Crippen molar-refractivity contribution < 1.29 is 0 Å². The van der Waals surface area contributed by atoms with Gasteiger partial charge in [0.25, 0.3) is 0 Å². The molecule has 0 atom stereocenters. The van der Waals surface area contributed by atoms with Gasteiger partial charge in [-0.2, -0.15) is 0 Å². The van der Waals surface area contributed by atoms with Crippen LogP contribution in [-0.4, -0.2) is 0 Å². The van der Waals surface area contributed by atoms with Crippen LogP contribution in [0.5, 0.6) is 0 Å². The van der Waals surface area contributed by atoms with E-state index in [0.29, 0.717) is 5.56 Å². The Morgan fingerprint density at radius 2 is 1.35 bits per heavy atom. The van der Waals surface area contributed by atoms with Crippen molar-refractivity contribution in [2.75, 3.05) is 0 Å². The third-order valence-corrected chi connectivity index (χ3v) is 8.66. The van der Waals surface area contributed by atoms with Crippen LogP contribution in [0.4, 0.5) is 0 Å². The maximum absolute atomic E-state index is 13.1. The van der Waals surface area contributed by atoms with Gasteiger partial charge < -0.3 is 0 Å². The lowest BCUT2D eigenvalue weighted by Crippen LogP contribution is -2.06. The van der Waals surface area contributed by atoms with Crippen molar-refractivity contribution in [2.45, 2.75) is 0 Å². The zero-order valence-corrected chi connectivity index (χ0v) is 20.0. The fourth-order valence-electron chi connectivity index (χ4n) is 4.59. The zero-order valence-electron chi connectivity index (χ0n) is 18.4. The van der Waals surface area contributed by atoms with Crippen molar-refractivity contribution in [3.8, 4) is 22.3 Å². The van der Waals surface area contributed by atoms with Gasteiger partial charge in [0.15, 0.2) is 5.43 Å². The lowest BCUT2D eigenvalue weighted by molar-refractivity contribution is 1.61. The summed E-state index contributed by atoms with van der Waals surface area (Å²) in [5, 5.41) is 3.32. The first kappa shape index (κ1) is 20.8. The third-order valence-electron chi connectivity index (χ3n) is 6.25. The molecule has 1 nitrogen and oxygen atoms in total. The highest BCUT2D eigenvalue weighted by Gasteiger charge is 2.12. The zero-order chi connectivity index (χ0) is 23.2. The van der Waals surface area contributed by atoms with Gasteiger partial charge in [0, 0.05) is 40.7 Å². The molecular weight excluding hydrogens is 452 g/mol. The summed E-state index contributed by atoms with van der Waals surface area (Å²) in [5.74, 6) is 0. The molecule has 0 bridgehead atoms. The van der Waals surface area contributed by atoms with Gasteiger partial charge in [0.05, 0.1) is 0 Å². The van der Waals surface area contributed by atoms with Gasteiger partial charge in [-0.3, -0.25) is 4.79 Å². The Hall–Kier alpha value is -3.79. The van der Waals surface area contributed by atoms with Gasteiger partial charge in [-0.15, -0.1) is 22.7 Å². The highest BCUT2D eigenvalue weighted by molar-refractivity contribution is 7.26. The standard InChI is InChI=1S/C31H20OS2/c1-3-22-27(4-2)33-29-16-15-20(18-26(29)30(22)32)19-9-7-10-21(17-19)23-12-8-13-25-24-11-5-6-14-28(24)34-31(23)25/h3-18H,1-2H2. The van der Waals surface area contributed by atoms with Crippen LogP contribution in [-0.2, 0) is 0 Å². The Kier molecular flexibility index (Phi) is 5.02. The molecule has 2 aromatic heterocycles. The molecule has 0 saturated heterocycles. The minimum Gasteiger partial charge on any atom is -0.289 e. The Balaban J connectivity index is 1.52. The van der Waals surface area contributed by atoms with Gasteiger partial charge in [-0.05, 0) is 46.5 Å². The molecule has 0 aliphatic heterocycles. The van der Waals surface area contributed by atoms with Crippen LogP contribution in [0.15, 0.2) is 103 Å². The Morgan fingerprint density at radius 3 is 2.21 bits per heavy atom. The smallest absolute Gasteiger partial charge is 0.195 e. The van der Waals surface area contributed by atoms with Crippen LogP contribution in [0.3, 0.4) is 0 Å². The first-order chi connectivity index (χ1) is 16.7. The van der Waals surface area contributed by atoms with Gasteiger partial charge in [0.2, 0.25) is 0 Å². The van der Waals surface area contributed by atoms with Gasteiger partial charge in [-0.25, -0.2) is 0 Å². The highest BCUT2D eigenvalue weighted by atomic mass is 32.1. The van der Waals surface area contributed by atoms with Crippen molar-refractivity contribution in [2.24, 2.45) is 0 Å². The summed E-state index contributed by atoms with van der Waals surface area (Å²) < 4.78 is 3.56. The predicted octanol–water partition coefficient (Wildman–Crippen LogP) is 9.25. The van der Waals surface area contributed by atoms with E-state index in [-0.39, 0.29) is 5.43 Å². The molecule has 0 aliphatic rings. The monoisotopic (exact) mass is 472 g/mol. The van der Waals surface area contributed by atoms with E-state index in [9.17, 15) is 4.79 Å². The molecule has 162 valence electrons. The first-order valence-electron chi connectivity index (χ1n) is 11.0. The lowest BCUT2D eigenvalue weighted by Gasteiger charge is -2.09. The molecule has 3 heteroatoms. The van der Waals surface area contributed by atoms with Crippen LogP contribution in [0.25, 0.3) is 64.7 Å². The van der Waals surface area contributed by atoms with E-state index in [0.717, 1.165) is 26.1 Å². The molecule has 0 aliphatic carbocycles. The molecule has 4 aromatic carbocycles. The minimum atomic E-state index is 0.00620. The van der Waals surface area contributed by atoms with Crippen molar-refractivity contribution in [3.63, 3.8) is 0 Å². The van der Waals surface area contributed by atoms with E-state index in [1.54, 1.807) is 23.5 Å². The molecule has 0 saturated carbocycles. The number of fused-ring (bicyclic) bond motifs is 4. The average Bonchev–Trinajstić information content (AvgIpc) is 3.27. The van der Waals surface area contributed by atoms with Crippen LogP contribution in [0.1, 0.15) is 10.4 Å². The number of hydrogen-bond acceptors (Lipinski definition) is 3. The van der Waals surface area contributed by atoms with Crippen molar-refractivity contribution in [1.29, 1.82) is 0 Å². The van der Waals surface area contributed by atoms with Crippen molar-refractivity contribution in [1.82, 2.24) is 0 Å². The van der Waals surface area contributed by atoms with Gasteiger partial charge in [0.1, 0.15) is 0 Å². The van der Waals surface area contributed by atoms with Crippen LogP contribution in [0.2, 0.25) is 0 Å². The summed E-state index contributed by atoms with van der Waals surface area (Å²) in [6, 6.07) is 29.8. The molecule has 0 radical (unpaired) electrons. The third kappa shape index (κ3) is 3.25. The predicted molar refractivity (Wildman–Crippen MR) is 152 cm³/mol. The Morgan fingerprint density at radius 1 is 0.618 bits per heavy atom. The lowest BCUT2D eigenvalue weighted by atomic mass is 9.97. The van der Waals surface area contributed by atoms with Crippen molar-refractivity contribution >= 4 is 65.1 Å².